The highest BCUT2D eigenvalue weighted by Crippen LogP contribution is 2.31. The summed E-state index contributed by atoms with van der Waals surface area (Å²) in [5.74, 6) is 0.520. The van der Waals surface area contributed by atoms with Gasteiger partial charge < -0.3 is 4.74 Å². The van der Waals surface area contributed by atoms with Crippen LogP contribution in [0.2, 0.25) is 0 Å². The Kier molecular flexibility index (Phi) is 22.5. The first kappa shape index (κ1) is 64.3. The van der Waals surface area contributed by atoms with E-state index in [0.717, 1.165) is 54.8 Å². The molecule has 0 saturated carbocycles. The van der Waals surface area contributed by atoms with Crippen molar-refractivity contribution in [2.24, 2.45) is 0 Å². The zero-order valence-corrected chi connectivity index (χ0v) is 49.8. The molecule has 0 N–H and O–H groups in total. The lowest BCUT2D eigenvalue weighted by atomic mass is 9.99. The number of hydrogen-bond acceptors (Lipinski definition) is 9. The molecule has 0 radical (unpaired) electrons. The molecular weight excluding hydrogens is 1090 g/mol. The maximum atomic E-state index is 12.2. The lowest BCUT2D eigenvalue weighted by molar-refractivity contribution is -0.385. The van der Waals surface area contributed by atoms with Crippen molar-refractivity contribution in [1.29, 1.82) is 0 Å². The fourth-order valence-electron chi connectivity index (χ4n) is 8.83. The van der Waals surface area contributed by atoms with E-state index in [1.165, 1.54) is 79.4 Å². The van der Waals surface area contributed by atoms with E-state index in [9.17, 15) is 14.9 Å². The molecule has 0 amide bonds. The van der Waals surface area contributed by atoms with Crippen LogP contribution < -0.4 is 4.74 Å². The van der Waals surface area contributed by atoms with Crippen molar-refractivity contribution in [1.82, 2.24) is 20.2 Å². The highest BCUT2D eigenvalue weighted by Gasteiger charge is 2.17. The first-order valence-electron chi connectivity index (χ1n) is 27.9. The van der Waals surface area contributed by atoms with Gasteiger partial charge in [-0.15, -0.1) is 10.2 Å². The third kappa shape index (κ3) is 17.9. The van der Waals surface area contributed by atoms with Crippen LogP contribution in [-0.2, 0) is 0 Å². The van der Waals surface area contributed by atoms with E-state index in [4.69, 9.17) is 4.74 Å². The van der Waals surface area contributed by atoms with Gasteiger partial charge in [0, 0.05) is 46.3 Å². The number of benzene rings is 10. The fourth-order valence-corrected chi connectivity index (χ4v) is 9.69. The topological polar surface area (TPSA) is 121 Å². The van der Waals surface area contributed by atoms with Gasteiger partial charge in [-0.25, -0.2) is 14.8 Å². The predicted octanol–water partition coefficient (Wildman–Crippen LogP) is 20.9. The van der Waals surface area contributed by atoms with Gasteiger partial charge in [-0.2, -0.15) is 0 Å². The number of rotatable bonds is 10. The highest BCUT2D eigenvalue weighted by molar-refractivity contribution is 7.17. The van der Waals surface area contributed by atoms with Crippen LogP contribution in [0, 0.1) is 65.5 Å². The number of ether oxygens (including phenoxy) is 1. The number of carbonyl (C=O) groups excluding carboxylic acids is 1. The van der Waals surface area contributed by atoms with Crippen LogP contribution in [0.3, 0.4) is 0 Å². The quantitative estimate of drug-likeness (QED) is 0.0574. The van der Waals surface area contributed by atoms with Gasteiger partial charge in [-0.3, -0.25) is 10.1 Å². The zero-order valence-electron chi connectivity index (χ0n) is 48.9. The highest BCUT2D eigenvalue weighted by atomic mass is 32.1. The predicted molar refractivity (Wildman–Crippen MR) is 362 cm³/mol. The van der Waals surface area contributed by atoms with Crippen LogP contribution in [-0.4, -0.2) is 31.1 Å². The Hall–Kier alpha value is -10.3. The maximum Gasteiger partial charge on any atom is 0.343 e. The molecule has 12 rings (SSSR count). The lowest BCUT2D eigenvalue weighted by Gasteiger charge is -2.07. The van der Waals surface area contributed by atoms with E-state index in [1.54, 1.807) is 30.4 Å². The molecule has 0 bridgehead atoms. The molecule has 2 aromatic heterocycles. The second kappa shape index (κ2) is 30.5. The van der Waals surface area contributed by atoms with Crippen molar-refractivity contribution in [2.45, 2.75) is 70.2 Å². The van der Waals surface area contributed by atoms with E-state index in [1.807, 2.05) is 55.7 Å². The summed E-state index contributed by atoms with van der Waals surface area (Å²) in [6, 6.07) is 79.1. The molecule has 9 nitrogen and oxygen atoms in total. The smallest absolute Gasteiger partial charge is 0.343 e. The molecule has 0 unspecified atom stereocenters. The second-order valence-corrected chi connectivity index (χ2v) is 22.0. The maximum absolute atomic E-state index is 12.2. The van der Waals surface area contributed by atoms with Crippen LogP contribution in [0.15, 0.2) is 249 Å². The van der Waals surface area contributed by atoms with E-state index in [2.05, 4.69) is 232 Å². The van der Waals surface area contributed by atoms with Crippen LogP contribution >= 0.6 is 11.3 Å². The molecular formula is C77H73N5O4S. The molecule has 0 atom stereocenters. The number of nitro benzene ring substituents is 1. The zero-order chi connectivity index (χ0) is 59.8. The molecule has 0 aliphatic heterocycles. The van der Waals surface area contributed by atoms with Crippen LogP contribution in [0.4, 0.5) is 5.69 Å². The first-order chi connectivity index (χ1) is 41.1. The Bertz CT molecular complexity index is 3810. The molecule has 10 heteroatoms. The molecule has 87 heavy (non-hydrogen) atoms. The number of aromatic nitrogens is 4. The summed E-state index contributed by atoms with van der Waals surface area (Å²) in [6.45, 7) is 16.2. The third-order valence-corrected chi connectivity index (χ3v) is 15.1. The Labute approximate surface area is 517 Å². The van der Waals surface area contributed by atoms with Gasteiger partial charge in [0.05, 0.1) is 10.5 Å². The standard InChI is InChI=1S/C21H17NO4.C20H18.C18H16N2.C16H14N2S.2CH4/c1-14-3-6-16(7-4-14)17-9-11-19(12-10-17)26-21(23)18-8-5-15(2)20(13-18)22(24)25;1-15-3-7-17(8-4-15)19-11-13-20(14-12-19)18-9-5-16(2)6-10-18;1-13-3-7-15(8-4-13)17-11-19-18(20-12-17)16-9-5-14(2)6-10-16;1-11-3-7-13(8-4-11)15-17-18-16(19-15)14-9-5-12(2)6-10-14;;/h3-13H,1-2H3;3-14H,1-2H3;3-12H,1-2H3;3-10H,1-2H3;2*1H4. The van der Waals surface area contributed by atoms with E-state index in [-0.39, 0.29) is 26.1 Å². The molecule has 0 aliphatic rings. The monoisotopic (exact) mass is 1160 g/mol. The van der Waals surface area contributed by atoms with Crippen molar-refractivity contribution in [3.8, 4) is 82.8 Å². The Morgan fingerprint density at radius 3 is 0.966 bits per heavy atom. The Balaban J connectivity index is 0.000000166. The van der Waals surface area contributed by atoms with Gasteiger partial charge in [0.2, 0.25) is 0 Å². The van der Waals surface area contributed by atoms with Crippen molar-refractivity contribution >= 4 is 23.0 Å². The van der Waals surface area contributed by atoms with E-state index >= 15 is 0 Å². The average Bonchev–Trinajstić information content (AvgIpc) is 4.15. The van der Waals surface area contributed by atoms with Crippen molar-refractivity contribution in [3.63, 3.8) is 0 Å². The summed E-state index contributed by atoms with van der Waals surface area (Å²) in [5, 5.41) is 21.5. The van der Waals surface area contributed by atoms with Crippen molar-refractivity contribution in [2.75, 3.05) is 0 Å². The van der Waals surface area contributed by atoms with Gasteiger partial charge in [0.25, 0.3) is 5.69 Å². The molecule has 12 aromatic rings. The second-order valence-electron chi connectivity index (χ2n) is 21.0. The van der Waals surface area contributed by atoms with Crippen LogP contribution in [0.25, 0.3) is 77.0 Å². The molecule has 0 saturated heterocycles. The van der Waals surface area contributed by atoms with E-state index in [0.29, 0.717) is 11.3 Å². The molecule has 0 fully saturated rings. The molecule has 2 heterocycles. The largest absolute Gasteiger partial charge is 0.423 e. The normalized spacial score (nSPS) is 10.3. The molecule has 436 valence electrons. The van der Waals surface area contributed by atoms with Gasteiger partial charge in [-0.1, -0.05) is 277 Å². The van der Waals surface area contributed by atoms with Gasteiger partial charge >= 0.3 is 5.97 Å². The minimum absolute atomic E-state index is 0. The minimum atomic E-state index is -0.629. The SMILES string of the molecule is C.C.Cc1ccc(-c2ccc(-c3ccc(C)cc3)cc2)cc1.Cc1ccc(-c2ccc(OC(=O)c3ccc(C)c([N+](=O)[O-])c3)cc2)cc1.Cc1ccc(-c2cnc(-c3ccc(C)cc3)nc2)cc1.Cc1ccc(-c2nnc(-c3ccc(C)cc3)s2)cc1. The summed E-state index contributed by atoms with van der Waals surface area (Å²) in [4.78, 5) is 31.7. The summed E-state index contributed by atoms with van der Waals surface area (Å²) in [7, 11) is 0. The third-order valence-electron chi connectivity index (χ3n) is 14.1. The number of carbonyl (C=O) groups is 1. The lowest BCUT2D eigenvalue weighted by Crippen LogP contribution is -2.09. The number of hydrogen-bond donors (Lipinski definition) is 0. The van der Waals surface area contributed by atoms with Crippen LogP contribution in [0.5, 0.6) is 5.75 Å². The summed E-state index contributed by atoms with van der Waals surface area (Å²) in [6.07, 6.45) is 3.76. The molecule has 0 aliphatic carbocycles. The first-order valence-corrected chi connectivity index (χ1v) is 28.7. The Morgan fingerprint density at radius 1 is 0.368 bits per heavy atom. The summed E-state index contributed by atoms with van der Waals surface area (Å²) < 4.78 is 5.32. The summed E-state index contributed by atoms with van der Waals surface area (Å²) >= 11 is 1.63. The number of esters is 1. The van der Waals surface area contributed by atoms with E-state index < -0.39 is 10.9 Å². The summed E-state index contributed by atoms with van der Waals surface area (Å²) in [5.41, 5.74) is 22.0. The van der Waals surface area contributed by atoms with Crippen LogP contribution in [0.1, 0.15) is 69.7 Å². The number of nitrogens with zero attached hydrogens (tertiary/aromatic N) is 5. The number of nitro groups is 1. The van der Waals surface area contributed by atoms with Gasteiger partial charge in [0.1, 0.15) is 15.8 Å². The van der Waals surface area contributed by atoms with Gasteiger partial charge in [-0.05, 0) is 113 Å². The van der Waals surface area contributed by atoms with Gasteiger partial charge in [0.15, 0.2) is 5.82 Å². The Morgan fingerprint density at radius 2 is 0.644 bits per heavy atom. The minimum Gasteiger partial charge on any atom is -0.423 e. The average molecular weight is 1160 g/mol. The van der Waals surface area contributed by atoms with Crippen molar-refractivity contribution in [3.05, 3.63) is 309 Å². The fraction of sp³-hybridized carbons (Fsp3) is 0.130. The van der Waals surface area contributed by atoms with Crippen molar-refractivity contribution < 1.29 is 14.5 Å². The molecule has 0 spiro atoms. The molecule has 10 aromatic carbocycles. The number of aryl methyl sites for hydroxylation is 8.